The molecule has 1 saturated carbocycles. The van der Waals surface area contributed by atoms with Crippen molar-refractivity contribution in [1.82, 2.24) is 0 Å². The molecule has 122 valence electrons. The van der Waals surface area contributed by atoms with Crippen molar-refractivity contribution in [1.29, 1.82) is 0 Å². The molecule has 1 fully saturated rings. The van der Waals surface area contributed by atoms with Crippen LogP contribution in [-0.4, -0.2) is 29.4 Å². The predicted molar refractivity (Wildman–Crippen MR) is 84.9 cm³/mol. The van der Waals surface area contributed by atoms with Crippen LogP contribution in [0.4, 0.5) is 11.4 Å². The molecule has 1 aliphatic carbocycles. The molecule has 0 bridgehead atoms. The number of nitrogens with one attached hydrogen (secondary N) is 1. The zero-order valence-electron chi connectivity index (χ0n) is 13.5. The number of hydrogen-bond donors (Lipinski definition) is 1. The van der Waals surface area contributed by atoms with Crippen molar-refractivity contribution in [2.24, 2.45) is 5.92 Å². The van der Waals surface area contributed by atoms with Gasteiger partial charge in [-0.3, -0.25) is 19.3 Å². The molecule has 1 aliphatic heterocycles. The first-order chi connectivity index (χ1) is 10.8. The molecule has 0 spiro atoms. The van der Waals surface area contributed by atoms with Crippen molar-refractivity contribution in [3.63, 3.8) is 0 Å². The van der Waals surface area contributed by atoms with Crippen molar-refractivity contribution in [2.75, 3.05) is 10.2 Å². The number of carbonyl (C=O) groups excluding carboxylic acids is 3. The van der Waals surface area contributed by atoms with Gasteiger partial charge >= 0.3 is 5.97 Å². The molecule has 1 aromatic rings. The second-order valence-corrected chi connectivity index (χ2v) is 6.56. The molecule has 1 atom stereocenters. The Labute approximate surface area is 134 Å². The summed E-state index contributed by atoms with van der Waals surface area (Å²) >= 11 is 0. The second kappa shape index (κ2) is 5.37. The van der Waals surface area contributed by atoms with Gasteiger partial charge in [0.1, 0.15) is 5.54 Å². The number of esters is 1. The topological polar surface area (TPSA) is 75.7 Å². The Bertz CT molecular complexity index is 679. The van der Waals surface area contributed by atoms with E-state index in [1.165, 1.54) is 4.90 Å². The van der Waals surface area contributed by atoms with E-state index in [2.05, 4.69) is 5.32 Å². The molecule has 1 heterocycles. The summed E-state index contributed by atoms with van der Waals surface area (Å²) in [5, 5.41) is 2.80. The Hall–Kier alpha value is -2.37. The SMILES string of the molecule is C[C@H](OC(=O)C1CC1)C(=O)N1c2ccccc2NC(=O)C1(C)C. The summed E-state index contributed by atoms with van der Waals surface area (Å²) in [5.41, 5.74) is 0.119. The third kappa shape index (κ3) is 2.69. The number of ether oxygens (including phenoxy) is 1. The summed E-state index contributed by atoms with van der Waals surface area (Å²) in [7, 11) is 0. The molecule has 1 aromatic carbocycles. The van der Waals surface area contributed by atoms with Crippen LogP contribution < -0.4 is 10.2 Å². The summed E-state index contributed by atoms with van der Waals surface area (Å²) in [5.74, 6) is -1.08. The monoisotopic (exact) mass is 316 g/mol. The zero-order chi connectivity index (χ0) is 16.8. The predicted octanol–water partition coefficient (Wildman–Crippen LogP) is 2.09. The van der Waals surface area contributed by atoms with Gasteiger partial charge < -0.3 is 10.1 Å². The highest BCUT2D eigenvalue weighted by molar-refractivity contribution is 6.15. The van der Waals surface area contributed by atoms with Gasteiger partial charge in [0.05, 0.1) is 17.3 Å². The molecule has 0 unspecified atom stereocenters. The van der Waals surface area contributed by atoms with Gasteiger partial charge in [0.25, 0.3) is 5.91 Å². The number of carbonyl (C=O) groups is 3. The number of nitrogens with zero attached hydrogens (tertiary/aromatic N) is 1. The molecule has 0 radical (unpaired) electrons. The van der Waals surface area contributed by atoms with Gasteiger partial charge in [0.15, 0.2) is 6.10 Å². The number of amides is 2. The van der Waals surface area contributed by atoms with E-state index in [9.17, 15) is 14.4 Å². The molecular formula is C17H20N2O4. The maximum absolute atomic E-state index is 12.9. The Kier molecular flexibility index (Phi) is 3.62. The fourth-order valence-corrected chi connectivity index (χ4v) is 2.67. The van der Waals surface area contributed by atoms with Gasteiger partial charge in [0, 0.05) is 0 Å². The van der Waals surface area contributed by atoms with E-state index >= 15 is 0 Å². The first-order valence-electron chi connectivity index (χ1n) is 7.77. The number of rotatable bonds is 3. The lowest BCUT2D eigenvalue weighted by Crippen LogP contribution is -2.60. The highest BCUT2D eigenvalue weighted by atomic mass is 16.5. The number of para-hydroxylation sites is 2. The van der Waals surface area contributed by atoms with E-state index in [-0.39, 0.29) is 17.8 Å². The Morgan fingerprint density at radius 2 is 1.96 bits per heavy atom. The Balaban J connectivity index is 1.90. The van der Waals surface area contributed by atoms with Crippen LogP contribution in [0.3, 0.4) is 0 Å². The Morgan fingerprint density at radius 1 is 1.30 bits per heavy atom. The lowest BCUT2D eigenvalue weighted by Gasteiger charge is -2.42. The minimum absolute atomic E-state index is 0.0739. The minimum Gasteiger partial charge on any atom is -0.452 e. The summed E-state index contributed by atoms with van der Waals surface area (Å²) < 4.78 is 5.27. The van der Waals surface area contributed by atoms with Crippen LogP contribution in [0.15, 0.2) is 24.3 Å². The molecule has 6 nitrogen and oxygen atoms in total. The standard InChI is InChI=1S/C17H20N2O4/c1-10(23-15(21)11-8-9-11)14(20)19-13-7-5-4-6-12(13)18-16(22)17(19,2)3/h4-7,10-11H,8-9H2,1-3H3,(H,18,22)/t10-/m0/s1. The third-order valence-corrected chi connectivity index (χ3v) is 4.28. The molecule has 23 heavy (non-hydrogen) atoms. The van der Waals surface area contributed by atoms with Crippen LogP contribution in [0.1, 0.15) is 33.6 Å². The van der Waals surface area contributed by atoms with Crippen molar-refractivity contribution in [3.8, 4) is 0 Å². The number of benzene rings is 1. The zero-order valence-corrected chi connectivity index (χ0v) is 13.5. The van der Waals surface area contributed by atoms with Gasteiger partial charge in [0.2, 0.25) is 5.91 Å². The van der Waals surface area contributed by atoms with Crippen LogP contribution >= 0.6 is 0 Å². The highest BCUT2D eigenvalue weighted by Gasteiger charge is 2.45. The summed E-state index contributed by atoms with van der Waals surface area (Å²) in [6.07, 6.45) is 0.710. The van der Waals surface area contributed by atoms with Crippen LogP contribution in [-0.2, 0) is 19.1 Å². The number of anilines is 2. The fraction of sp³-hybridized carbons (Fsp3) is 0.471. The van der Waals surface area contributed by atoms with E-state index < -0.39 is 17.6 Å². The summed E-state index contributed by atoms with van der Waals surface area (Å²) in [6.45, 7) is 4.89. The normalized spacial score (nSPS) is 20.3. The van der Waals surface area contributed by atoms with Crippen molar-refractivity contribution in [2.45, 2.75) is 45.3 Å². The van der Waals surface area contributed by atoms with Crippen LogP contribution in [0.25, 0.3) is 0 Å². The lowest BCUT2D eigenvalue weighted by atomic mass is 9.95. The molecule has 2 amide bonds. The van der Waals surface area contributed by atoms with Gasteiger partial charge in [-0.25, -0.2) is 0 Å². The van der Waals surface area contributed by atoms with Crippen molar-refractivity contribution >= 4 is 29.2 Å². The average molecular weight is 316 g/mol. The van der Waals surface area contributed by atoms with E-state index in [0.717, 1.165) is 12.8 Å². The van der Waals surface area contributed by atoms with E-state index in [4.69, 9.17) is 4.74 Å². The van der Waals surface area contributed by atoms with Crippen LogP contribution in [0.5, 0.6) is 0 Å². The molecule has 0 aromatic heterocycles. The van der Waals surface area contributed by atoms with Gasteiger partial charge in [-0.2, -0.15) is 0 Å². The molecule has 2 aliphatic rings. The van der Waals surface area contributed by atoms with Gasteiger partial charge in [-0.05, 0) is 45.7 Å². The molecule has 3 rings (SSSR count). The molecule has 6 heteroatoms. The fourth-order valence-electron chi connectivity index (χ4n) is 2.67. The quantitative estimate of drug-likeness (QED) is 0.866. The summed E-state index contributed by atoms with van der Waals surface area (Å²) in [4.78, 5) is 38.4. The highest BCUT2D eigenvalue weighted by Crippen LogP contribution is 2.37. The van der Waals surface area contributed by atoms with E-state index in [1.54, 1.807) is 45.0 Å². The van der Waals surface area contributed by atoms with Crippen molar-refractivity contribution < 1.29 is 19.1 Å². The first-order valence-corrected chi connectivity index (χ1v) is 7.77. The Morgan fingerprint density at radius 3 is 2.61 bits per heavy atom. The first kappa shape index (κ1) is 15.5. The smallest absolute Gasteiger partial charge is 0.309 e. The molecular weight excluding hydrogens is 296 g/mol. The van der Waals surface area contributed by atoms with Gasteiger partial charge in [-0.15, -0.1) is 0 Å². The lowest BCUT2D eigenvalue weighted by molar-refractivity contribution is -0.155. The van der Waals surface area contributed by atoms with Crippen LogP contribution in [0.2, 0.25) is 0 Å². The minimum atomic E-state index is -1.06. The average Bonchev–Trinajstić information content (AvgIpc) is 3.32. The second-order valence-electron chi connectivity index (χ2n) is 6.56. The number of hydrogen-bond acceptors (Lipinski definition) is 4. The number of fused-ring (bicyclic) bond motifs is 1. The van der Waals surface area contributed by atoms with E-state index in [0.29, 0.717) is 11.4 Å². The summed E-state index contributed by atoms with van der Waals surface area (Å²) in [6, 6.07) is 7.09. The van der Waals surface area contributed by atoms with Gasteiger partial charge in [-0.1, -0.05) is 12.1 Å². The largest absolute Gasteiger partial charge is 0.452 e. The van der Waals surface area contributed by atoms with Crippen molar-refractivity contribution in [3.05, 3.63) is 24.3 Å². The molecule has 0 saturated heterocycles. The van der Waals surface area contributed by atoms with E-state index in [1.807, 2.05) is 0 Å². The molecule has 1 N–H and O–H groups in total. The third-order valence-electron chi connectivity index (χ3n) is 4.28. The maximum atomic E-state index is 12.9. The van der Waals surface area contributed by atoms with Crippen LogP contribution in [0, 0.1) is 5.92 Å². The maximum Gasteiger partial charge on any atom is 0.309 e.